The molecule has 10 nitrogen and oxygen atoms in total. The third-order valence-corrected chi connectivity index (χ3v) is 9.13. The van der Waals surface area contributed by atoms with Crippen molar-refractivity contribution in [3.8, 4) is 0 Å². The third-order valence-electron chi connectivity index (χ3n) is 9.13. The predicted octanol–water partition coefficient (Wildman–Crippen LogP) is 3.89. The van der Waals surface area contributed by atoms with Crippen molar-refractivity contribution in [2.75, 3.05) is 0 Å². The average Bonchev–Trinajstić information content (AvgIpc) is 3.39. The van der Waals surface area contributed by atoms with E-state index in [0.717, 1.165) is 44.1 Å². The molecular formula is C27H31F2N7O3. The molecule has 7 rings (SSSR count). The molecule has 3 aromatic rings. The number of carbonyl (C=O) groups excluding carboxylic acids is 2. The van der Waals surface area contributed by atoms with E-state index < -0.39 is 23.3 Å². The highest BCUT2D eigenvalue weighted by molar-refractivity contribution is 5.93. The Bertz CT molecular complexity index is 1420. The Morgan fingerprint density at radius 1 is 1.18 bits per heavy atom. The summed E-state index contributed by atoms with van der Waals surface area (Å²) in [5.41, 5.74) is 2.37. The summed E-state index contributed by atoms with van der Waals surface area (Å²) in [6.45, 7) is 0. The number of fused-ring (bicyclic) bond motifs is 3. The molecule has 1 saturated heterocycles. The van der Waals surface area contributed by atoms with Crippen molar-refractivity contribution in [1.29, 1.82) is 0 Å². The normalized spacial score (nSPS) is 27.4. The van der Waals surface area contributed by atoms with Crippen LogP contribution in [0.4, 0.5) is 8.78 Å². The molecule has 12 heteroatoms. The molecule has 2 amide bonds. The lowest BCUT2D eigenvalue weighted by Crippen LogP contribution is -2.37. The summed E-state index contributed by atoms with van der Waals surface area (Å²) >= 11 is 0. The molecule has 3 aliphatic carbocycles. The number of nitrogens with zero attached hydrogens (tertiary/aromatic N) is 5. The summed E-state index contributed by atoms with van der Waals surface area (Å²) in [6.07, 6.45) is 9.79. The summed E-state index contributed by atoms with van der Waals surface area (Å²) in [7, 11) is 0. The fourth-order valence-electron chi connectivity index (χ4n) is 6.86. The number of aromatic nitrogens is 5. The Labute approximate surface area is 223 Å². The van der Waals surface area contributed by atoms with E-state index in [1.165, 1.54) is 0 Å². The van der Waals surface area contributed by atoms with Gasteiger partial charge in [0.05, 0.1) is 29.5 Å². The van der Waals surface area contributed by atoms with Gasteiger partial charge in [0.15, 0.2) is 11.3 Å². The van der Waals surface area contributed by atoms with Crippen LogP contribution in [-0.4, -0.2) is 48.7 Å². The maximum Gasteiger partial charge on any atom is 0.276 e. The topological polar surface area (TPSA) is 127 Å². The van der Waals surface area contributed by atoms with Gasteiger partial charge in [0, 0.05) is 24.8 Å². The molecule has 0 aromatic carbocycles. The lowest BCUT2D eigenvalue weighted by Gasteiger charge is -2.33. The Hall–Kier alpha value is -3.44. The highest BCUT2D eigenvalue weighted by Crippen LogP contribution is 2.45. The molecule has 2 N–H and O–H groups in total. The summed E-state index contributed by atoms with van der Waals surface area (Å²) < 4.78 is 34.5. The Morgan fingerprint density at radius 2 is 2.00 bits per heavy atom. The minimum Gasteiger partial charge on any atom is -0.353 e. The number of hydrogen-bond donors (Lipinski definition) is 2. The van der Waals surface area contributed by atoms with Gasteiger partial charge in [0.2, 0.25) is 11.8 Å². The van der Waals surface area contributed by atoms with Crippen molar-refractivity contribution in [1.82, 2.24) is 35.5 Å². The van der Waals surface area contributed by atoms with E-state index in [2.05, 4.69) is 26.0 Å². The molecule has 0 unspecified atom stereocenters. The zero-order valence-electron chi connectivity index (χ0n) is 21.5. The predicted molar refractivity (Wildman–Crippen MR) is 133 cm³/mol. The van der Waals surface area contributed by atoms with E-state index in [-0.39, 0.29) is 55.2 Å². The van der Waals surface area contributed by atoms with Gasteiger partial charge in [0.25, 0.3) is 5.91 Å². The molecule has 4 heterocycles. The molecule has 4 fully saturated rings. The van der Waals surface area contributed by atoms with Crippen LogP contribution in [0.1, 0.15) is 104 Å². The minimum atomic E-state index is -2.69. The van der Waals surface area contributed by atoms with E-state index in [1.807, 2.05) is 6.07 Å². The van der Waals surface area contributed by atoms with Crippen LogP contribution in [0, 0.1) is 11.3 Å². The van der Waals surface area contributed by atoms with Crippen molar-refractivity contribution >= 4 is 17.5 Å². The number of halogens is 2. The number of imidazole rings is 1. The third kappa shape index (κ3) is 4.57. The van der Waals surface area contributed by atoms with Crippen LogP contribution in [0.2, 0.25) is 0 Å². The molecule has 0 radical (unpaired) electrons. The number of rotatable bonds is 7. The molecule has 2 bridgehead atoms. The van der Waals surface area contributed by atoms with Crippen LogP contribution >= 0.6 is 0 Å². The van der Waals surface area contributed by atoms with Crippen molar-refractivity contribution in [2.24, 2.45) is 11.3 Å². The molecule has 206 valence electrons. The van der Waals surface area contributed by atoms with Crippen LogP contribution in [0.3, 0.4) is 0 Å². The van der Waals surface area contributed by atoms with Crippen LogP contribution in [0.5, 0.6) is 0 Å². The summed E-state index contributed by atoms with van der Waals surface area (Å²) in [5.74, 6) is -3.06. The molecule has 0 spiro atoms. The van der Waals surface area contributed by atoms with Crippen LogP contribution in [-0.2, 0) is 11.2 Å². The Balaban J connectivity index is 1.17. The number of hydrogen-bond acceptors (Lipinski definition) is 7. The van der Waals surface area contributed by atoms with Gasteiger partial charge >= 0.3 is 0 Å². The zero-order chi connectivity index (χ0) is 26.8. The SMILES string of the molecule is O=C(N[C@H](c1cn2ncc(C[C@@]34CCC[C@@H](C3)NC4=O)cc2n1)C1CCC(F)(F)CC1)c1nonc1C1CC1. The van der Waals surface area contributed by atoms with Crippen molar-refractivity contribution in [3.63, 3.8) is 0 Å². The van der Waals surface area contributed by atoms with Gasteiger partial charge in [-0.15, -0.1) is 0 Å². The summed E-state index contributed by atoms with van der Waals surface area (Å²) in [4.78, 5) is 30.9. The number of nitrogens with one attached hydrogen (secondary N) is 2. The molecule has 3 aromatic heterocycles. The molecule has 3 saturated carbocycles. The Kier molecular flexibility index (Phi) is 5.71. The van der Waals surface area contributed by atoms with Crippen LogP contribution in [0.15, 0.2) is 23.1 Å². The van der Waals surface area contributed by atoms with Gasteiger partial charge in [-0.25, -0.2) is 22.9 Å². The fourth-order valence-corrected chi connectivity index (χ4v) is 6.86. The second-order valence-corrected chi connectivity index (χ2v) is 12.0. The lowest BCUT2D eigenvalue weighted by molar-refractivity contribution is -0.127. The van der Waals surface area contributed by atoms with E-state index >= 15 is 0 Å². The van der Waals surface area contributed by atoms with Gasteiger partial charge in [-0.05, 0) is 74.1 Å². The maximum atomic E-state index is 14.0. The molecule has 1 aliphatic heterocycles. The van der Waals surface area contributed by atoms with Crippen LogP contribution in [0.25, 0.3) is 5.65 Å². The van der Waals surface area contributed by atoms with Gasteiger partial charge in [-0.3, -0.25) is 9.59 Å². The second kappa shape index (κ2) is 9.06. The zero-order valence-corrected chi connectivity index (χ0v) is 21.5. The standard InChI is InChI=1S/C27H31F2N7O3/c28-27(29)8-5-17(6-9-27)21(33-24(37)23-22(16-3-4-16)34-39-35-23)19-14-36-20(32-19)10-15(13-30-36)11-26-7-1-2-18(12-26)31-25(26)38/h10,13-14,16-18,21H,1-9,11-12H2,(H,31,38)(H,33,37)/t18-,21-,26-/m0/s1. The number of alkyl halides is 2. The van der Waals surface area contributed by atoms with E-state index in [1.54, 1.807) is 16.9 Å². The molecule has 3 atom stereocenters. The highest BCUT2D eigenvalue weighted by Gasteiger charge is 2.49. The quantitative estimate of drug-likeness (QED) is 0.466. The van der Waals surface area contributed by atoms with Crippen molar-refractivity contribution < 1.29 is 23.0 Å². The Morgan fingerprint density at radius 3 is 2.79 bits per heavy atom. The van der Waals surface area contributed by atoms with Gasteiger partial charge in [0.1, 0.15) is 5.69 Å². The summed E-state index contributed by atoms with van der Waals surface area (Å²) in [6, 6.07) is 1.59. The first-order chi connectivity index (χ1) is 18.8. The monoisotopic (exact) mass is 539 g/mol. The van der Waals surface area contributed by atoms with Crippen molar-refractivity contribution in [3.05, 3.63) is 41.1 Å². The van der Waals surface area contributed by atoms with Crippen LogP contribution < -0.4 is 10.6 Å². The van der Waals surface area contributed by atoms with Gasteiger partial charge in [-0.1, -0.05) is 11.6 Å². The van der Waals surface area contributed by atoms with Gasteiger partial charge in [-0.2, -0.15) is 5.10 Å². The molecular weight excluding hydrogens is 508 g/mol. The lowest BCUT2D eigenvalue weighted by atomic mass is 9.72. The van der Waals surface area contributed by atoms with E-state index in [9.17, 15) is 18.4 Å². The molecule has 4 aliphatic rings. The van der Waals surface area contributed by atoms with Crippen molar-refractivity contribution in [2.45, 2.75) is 94.6 Å². The first-order valence-electron chi connectivity index (χ1n) is 13.9. The summed E-state index contributed by atoms with van der Waals surface area (Å²) in [5, 5.41) is 18.5. The fraction of sp³-hybridized carbons (Fsp3) is 0.630. The molecule has 39 heavy (non-hydrogen) atoms. The van der Waals surface area contributed by atoms with E-state index in [0.29, 0.717) is 23.5 Å². The van der Waals surface area contributed by atoms with E-state index in [4.69, 9.17) is 9.61 Å². The smallest absolute Gasteiger partial charge is 0.276 e. The minimum absolute atomic E-state index is 0.124. The largest absolute Gasteiger partial charge is 0.353 e. The number of carbonyl (C=O) groups is 2. The average molecular weight is 540 g/mol. The maximum absolute atomic E-state index is 14.0. The van der Waals surface area contributed by atoms with Gasteiger partial charge < -0.3 is 10.6 Å². The first kappa shape index (κ1) is 24.6. The first-order valence-corrected chi connectivity index (χ1v) is 13.9. The second-order valence-electron chi connectivity index (χ2n) is 12.0. The number of amides is 2. The highest BCUT2D eigenvalue weighted by atomic mass is 19.3.